The van der Waals surface area contributed by atoms with Gasteiger partial charge in [-0.2, -0.15) is 8.42 Å². The molecule has 1 aromatic carbocycles. The van der Waals surface area contributed by atoms with E-state index in [0.29, 0.717) is 3.97 Å². The van der Waals surface area contributed by atoms with E-state index in [4.69, 9.17) is 11.6 Å². The summed E-state index contributed by atoms with van der Waals surface area (Å²) >= 11 is 5.63. The summed E-state index contributed by atoms with van der Waals surface area (Å²) in [4.78, 5) is 10.0. The van der Waals surface area contributed by atoms with Crippen molar-refractivity contribution in [3.8, 4) is 0 Å². The van der Waals surface area contributed by atoms with E-state index in [-0.39, 0.29) is 9.92 Å². The minimum Gasteiger partial charge on any atom is -0.358 e. The molecule has 0 aliphatic carbocycles. The lowest BCUT2D eigenvalue weighted by atomic mass is 10.2. The number of aryl methyl sites for hydroxylation is 1. The molecule has 0 amide bonds. The smallest absolute Gasteiger partial charge is 0.357 e. The van der Waals surface area contributed by atoms with Gasteiger partial charge in [0.1, 0.15) is 16.1 Å². The summed E-state index contributed by atoms with van der Waals surface area (Å²) in [5, 5.41) is 10.7. The fourth-order valence-corrected chi connectivity index (χ4v) is 3.16. The van der Waals surface area contributed by atoms with E-state index < -0.39 is 20.8 Å². The molecule has 0 saturated carbocycles. The number of hydrogen-bond donors (Lipinski definition) is 0. The number of rotatable bonds is 3. The fraction of sp³-hybridized carbons (Fsp3) is 0.0909. The maximum atomic E-state index is 12.3. The molecular formula is C11H9ClN2O4S. The zero-order chi connectivity index (χ0) is 14.2. The Hall–Kier alpha value is -1.86. The molecule has 0 aliphatic rings. The van der Waals surface area contributed by atoms with Gasteiger partial charge in [-0.25, -0.2) is 0 Å². The fourth-order valence-electron chi connectivity index (χ4n) is 1.57. The van der Waals surface area contributed by atoms with Gasteiger partial charge in [-0.3, -0.25) is 0 Å². The molecule has 0 spiro atoms. The normalized spacial score (nSPS) is 11.5. The van der Waals surface area contributed by atoms with Gasteiger partial charge < -0.3 is 10.1 Å². The van der Waals surface area contributed by atoms with E-state index in [2.05, 4.69) is 0 Å². The third-order valence-electron chi connectivity index (χ3n) is 2.53. The second-order valence-electron chi connectivity index (χ2n) is 3.86. The second-order valence-corrected chi connectivity index (χ2v) is 6.08. The van der Waals surface area contributed by atoms with Crippen molar-refractivity contribution in [3.05, 3.63) is 57.2 Å². The maximum Gasteiger partial charge on any atom is 0.357 e. The predicted molar refractivity (Wildman–Crippen MR) is 69.9 cm³/mol. The van der Waals surface area contributed by atoms with E-state index in [0.717, 1.165) is 11.8 Å². The summed E-state index contributed by atoms with van der Waals surface area (Å²) in [6.45, 7) is 1.81. The molecule has 0 saturated heterocycles. The Labute approximate surface area is 114 Å². The lowest BCUT2D eigenvalue weighted by Gasteiger charge is -2.04. The van der Waals surface area contributed by atoms with Crippen LogP contribution in [0.4, 0.5) is 5.82 Å². The second kappa shape index (κ2) is 4.67. The van der Waals surface area contributed by atoms with Gasteiger partial charge in [-0.15, -0.1) is 3.97 Å². The topological polar surface area (TPSA) is 82.2 Å². The highest BCUT2D eigenvalue weighted by Gasteiger charge is 2.30. The van der Waals surface area contributed by atoms with Crippen LogP contribution in [0.2, 0.25) is 5.02 Å². The van der Waals surface area contributed by atoms with Crippen molar-refractivity contribution in [2.75, 3.05) is 0 Å². The zero-order valence-corrected chi connectivity index (χ0v) is 11.4. The van der Waals surface area contributed by atoms with E-state index in [9.17, 15) is 18.5 Å². The highest BCUT2D eigenvalue weighted by atomic mass is 35.5. The number of aromatic nitrogens is 1. The highest BCUT2D eigenvalue weighted by Crippen LogP contribution is 2.29. The summed E-state index contributed by atoms with van der Waals surface area (Å²) in [5.41, 5.74) is 0.888. The molecule has 100 valence electrons. The summed E-state index contributed by atoms with van der Waals surface area (Å²) in [7, 11) is -4.02. The first-order chi connectivity index (χ1) is 8.84. The van der Waals surface area contributed by atoms with Gasteiger partial charge >= 0.3 is 15.8 Å². The third-order valence-corrected chi connectivity index (χ3v) is 4.50. The molecule has 8 heteroatoms. The SMILES string of the molecule is Cc1ccc(S(=O)(=O)n2ccc(Cl)c2[N+](=O)[O-])cc1. The van der Waals surface area contributed by atoms with Gasteiger partial charge in [0.2, 0.25) is 0 Å². The Morgan fingerprint density at radius 3 is 2.32 bits per heavy atom. The summed E-state index contributed by atoms with van der Waals surface area (Å²) < 4.78 is 25.1. The molecule has 0 N–H and O–H groups in total. The quantitative estimate of drug-likeness (QED) is 0.644. The molecular weight excluding hydrogens is 292 g/mol. The van der Waals surface area contributed by atoms with Gasteiger partial charge in [0, 0.05) is 6.07 Å². The van der Waals surface area contributed by atoms with Crippen LogP contribution in [0.5, 0.6) is 0 Å². The van der Waals surface area contributed by atoms with Gasteiger partial charge in [-0.05, 0) is 24.0 Å². The van der Waals surface area contributed by atoms with E-state index >= 15 is 0 Å². The molecule has 2 aromatic rings. The van der Waals surface area contributed by atoms with Crippen molar-refractivity contribution in [1.82, 2.24) is 3.97 Å². The average Bonchev–Trinajstić information content (AvgIpc) is 2.72. The van der Waals surface area contributed by atoms with Gasteiger partial charge in [0.25, 0.3) is 0 Å². The van der Waals surface area contributed by atoms with E-state index in [1.54, 1.807) is 12.1 Å². The van der Waals surface area contributed by atoms with Crippen LogP contribution in [-0.4, -0.2) is 17.3 Å². The Morgan fingerprint density at radius 2 is 1.79 bits per heavy atom. The molecule has 0 aliphatic heterocycles. The first kappa shape index (κ1) is 13.6. The maximum absolute atomic E-state index is 12.3. The summed E-state index contributed by atoms with van der Waals surface area (Å²) in [5.74, 6) is -0.665. The average molecular weight is 301 g/mol. The Morgan fingerprint density at radius 1 is 1.21 bits per heavy atom. The number of hydrogen-bond acceptors (Lipinski definition) is 4. The van der Waals surface area contributed by atoms with E-state index in [1.807, 2.05) is 6.92 Å². The summed E-state index contributed by atoms with van der Waals surface area (Å²) in [6, 6.07) is 7.18. The van der Waals surface area contributed by atoms with Crippen LogP contribution in [0.15, 0.2) is 41.4 Å². The molecule has 19 heavy (non-hydrogen) atoms. The molecule has 0 radical (unpaired) electrons. The van der Waals surface area contributed by atoms with Crippen LogP contribution in [0, 0.1) is 17.0 Å². The predicted octanol–water partition coefficient (Wildman–Crippen LogP) is 2.60. The number of benzene rings is 1. The molecule has 0 unspecified atom stereocenters. The van der Waals surface area contributed by atoms with Crippen LogP contribution in [0.3, 0.4) is 0 Å². The van der Waals surface area contributed by atoms with Crippen LogP contribution < -0.4 is 0 Å². The van der Waals surface area contributed by atoms with Crippen molar-refractivity contribution in [3.63, 3.8) is 0 Å². The van der Waals surface area contributed by atoms with Crippen LogP contribution in [0.1, 0.15) is 5.56 Å². The van der Waals surface area contributed by atoms with Crippen molar-refractivity contribution in [1.29, 1.82) is 0 Å². The minimum absolute atomic E-state index is 0.0338. The van der Waals surface area contributed by atoms with Gasteiger partial charge in [-0.1, -0.05) is 29.3 Å². The number of halogens is 1. The molecule has 2 rings (SSSR count). The number of nitro groups is 1. The largest absolute Gasteiger partial charge is 0.358 e. The molecule has 0 bridgehead atoms. The van der Waals surface area contributed by atoms with E-state index in [1.165, 1.54) is 18.2 Å². The standard InChI is InChI=1S/C11H9ClN2O4S/c1-8-2-4-9(5-3-8)19(17,18)13-7-6-10(12)11(13)14(15)16/h2-7H,1H3. The summed E-state index contributed by atoms with van der Waals surface area (Å²) in [6.07, 6.45) is 1.07. The first-order valence-corrected chi connectivity index (χ1v) is 6.99. The lowest BCUT2D eigenvalue weighted by Crippen LogP contribution is -2.14. The Bertz CT molecular complexity index is 735. The van der Waals surface area contributed by atoms with Crippen LogP contribution in [-0.2, 0) is 10.0 Å². The minimum atomic E-state index is -4.02. The third kappa shape index (κ3) is 2.34. The molecule has 0 atom stereocenters. The Balaban J connectivity index is 2.64. The zero-order valence-electron chi connectivity index (χ0n) is 9.78. The highest BCUT2D eigenvalue weighted by molar-refractivity contribution is 7.90. The van der Waals surface area contributed by atoms with Crippen LogP contribution >= 0.6 is 11.6 Å². The van der Waals surface area contributed by atoms with Crippen LogP contribution in [0.25, 0.3) is 0 Å². The Kier molecular flexibility index (Phi) is 3.34. The van der Waals surface area contributed by atoms with Gasteiger partial charge in [0.15, 0.2) is 0 Å². The molecule has 1 aromatic heterocycles. The van der Waals surface area contributed by atoms with Crippen molar-refractivity contribution in [2.45, 2.75) is 11.8 Å². The van der Waals surface area contributed by atoms with Crippen molar-refractivity contribution >= 4 is 27.4 Å². The molecule has 0 fully saturated rings. The lowest BCUT2D eigenvalue weighted by molar-refractivity contribution is -0.390. The van der Waals surface area contributed by atoms with Crippen molar-refractivity contribution < 1.29 is 13.3 Å². The van der Waals surface area contributed by atoms with Gasteiger partial charge in [0.05, 0.1) is 0 Å². The monoisotopic (exact) mass is 300 g/mol. The molecule has 1 heterocycles. The first-order valence-electron chi connectivity index (χ1n) is 5.17. The molecule has 6 nitrogen and oxygen atoms in total. The van der Waals surface area contributed by atoms with Crippen molar-refractivity contribution in [2.24, 2.45) is 0 Å². The number of nitrogens with zero attached hydrogens (tertiary/aromatic N) is 2.